The summed E-state index contributed by atoms with van der Waals surface area (Å²) in [4.78, 5) is 30.1. The number of aromatic amines is 1. The first kappa shape index (κ1) is 25.5. The third-order valence-corrected chi connectivity index (χ3v) is 5.95. The van der Waals surface area contributed by atoms with Crippen LogP contribution in [0.25, 0.3) is 22.6 Å². The lowest BCUT2D eigenvalue weighted by Gasteiger charge is -2.36. The highest BCUT2D eigenvalue weighted by Gasteiger charge is 2.49. The van der Waals surface area contributed by atoms with E-state index in [1.807, 2.05) is 32.0 Å². The van der Waals surface area contributed by atoms with Gasteiger partial charge >= 0.3 is 11.8 Å². The van der Waals surface area contributed by atoms with Gasteiger partial charge in [0.25, 0.3) is 5.91 Å². The Morgan fingerprint density at radius 2 is 1.84 bits per heavy atom. The zero-order chi connectivity index (χ0) is 26.5. The average Bonchev–Trinajstić information content (AvgIpc) is 3.39. The lowest BCUT2D eigenvalue weighted by Crippen LogP contribution is -2.53. The van der Waals surface area contributed by atoms with Crippen molar-refractivity contribution in [2.24, 2.45) is 5.92 Å². The molecular weight excluding hydrogens is 489 g/mol. The number of benzene rings is 2. The number of nitrogens with one attached hydrogen (secondary N) is 2. The molecule has 1 saturated heterocycles. The van der Waals surface area contributed by atoms with Gasteiger partial charge in [0.05, 0.1) is 30.3 Å². The molecule has 0 bridgehead atoms. The predicted octanol–water partition coefficient (Wildman–Crippen LogP) is 4.83. The number of aromatic nitrogens is 4. The summed E-state index contributed by atoms with van der Waals surface area (Å²) < 4.78 is 31.6. The average molecular weight is 518 g/mol. The van der Waals surface area contributed by atoms with E-state index in [4.69, 9.17) is 19.2 Å². The van der Waals surface area contributed by atoms with Crippen molar-refractivity contribution in [2.75, 3.05) is 19.8 Å². The van der Waals surface area contributed by atoms with Crippen LogP contribution in [0.1, 0.15) is 26.1 Å². The maximum atomic E-state index is 13.7. The Labute approximate surface area is 219 Å². The number of carbonyl (C=O) groups is 1. The number of amides is 1. The third-order valence-electron chi connectivity index (χ3n) is 5.95. The summed E-state index contributed by atoms with van der Waals surface area (Å²) in [5, 5.41) is 2.86. The van der Waals surface area contributed by atoms with Crippen molar-refractivity contribution >= 4 is 5.91 Å². The van der Waals surface area contributed by atoms with E-state index in [0.717, 1.165) is 6.42 Å². The van der Waals surface area contributed by atoms with Crippen LogP contribution >= 0.6 is 0 Å². The Morgan fingerprint density at radius 1 is 1.11 bits per heavy atom. The second-order valence-corrected chi connectivity index (χ2v) is 9.06. The smallest absolute Gasteiger partial charge is 0.322 e. The van der Waals surface area contributed by atoms with Gasteiger partial charge in [0.2, 0.25) is 0 Å². The van der Waals surface area contributed by atoms with Crippen molar-refractivity contribution in [3.8, 4) is 34.4 Å². The van der Waals surface area contributed by atoms with E-state index in [1.165, 1.54) is 12.1 Å². The molecule has 2 aromatic heterocycles. The van der Waals surface area contributed by atoms with E-state index in [9.17, 15) is 9.18 Å². The predicted molar refractivity (Wildman–Crippen MR) is 138 cm³/mol. The molecule has 1 aliphatic rings. The molecule has 2 aromatic carbocycles. The number of ether oxygens (including phenoxy) is 3. The summed E-state index contributed by atoms with van der Waals surface area (Å²) in [6, 6.07) is 16.9. The number of carbonyl (C=O) groups excluding carboxylic acids is 1. The first-order chi connectivity index (χ1) is 18.5. The van der Waals surface area contributed by atoms with Crippen molar-refractivity contribution in [3.63, 3.8) is 0 Å². The highest BCUT2D eigenvalue weighted by atomic mass is 19.1. The Kier molecular flexibility index (Phi) is 7.43. The molecule has 1 fully saturated rings. The quantitative estimate of drug-likeness (QED) is 0.344. The van der Waals surface area contributed by atoms with Crippen LogP contribution in [0.5, 0.6) is 11.8 Å². The van der Waals surface area contributed by atoms with Crippen molar-refractivity contribution in [1.82, 2.24) is 25.3 Å². The summed E-state index contributed by atoms with van der Waals surface area (Å²) in [6.45, 7) is 5.00. The number of hydrogen-bond donors (Lipinski definition) is 2. The van der Waals surface area contributed by atoms with E-state index in [1.54, 1.807) is 36.5 Å². The van der Waals surface area contributed by atoms with Crippen LogP contribution in [0.4, 0.5) is 4.39 Å². The third kappa shape index (κ3) is 5.27. The van der Waals surface area contributed by atoms with E-state index in [0.29, 0.717) is 48.2 Å². The lowest BCUT2D eigenvalue weighted by molar-refractivity contribution is -0.277. The van der Waals surface area contributed by atoms with Crippen molar-refractivity contribution in [1.29, 1.82) is 0 Å². The molecule has 0 aliphatic carbocycles. The minimum absolute atomic E-state index is 0.104. The largest absolute Gasteiger partial charge is 0.424 e. The Bertz CT molecular complexity index is 1390. The number of hydrogen-bond acceptors (Lipinski definition) is 7. The first-order valence-electron chi connectivity index (χ1n) is 12.5. The van der Waals surface area contributed by atoms with Gasteiger partial charge in [-0.15, -0.1) is 0 Å². The molecule has 1 aliphatic heterocycles. The first-order valence-corrected chi connectivity index (χ1v) is 12.5. The topological polar surface area (TPSA) is 111 Å². The number of para-hydroxylation sites is 1. The van der Waals surface area contributed by atoms with Crippen LogP contribution in [-0.4, -0.2) is 45.6 Å². The van der Waals surface area contributed by atoms with Crippen LogP contribution in [0, 0.1) is 11.7 Å². The molecule has 5 rings (SSSR count). The molecule has 196 valence electrons. The second-order valence-electron chi connectivity index (χ2n) is 9.06. The zero-order valence-electron chi connectivity index (χ0n) is 21.1. The van der Waals surface area contributed by atoms with E-state index in [2.05, 4.69) is 20.3 Å². The second kappa shape index (κ2) is 11.1. The molecule has 0 spiro atoms. The van der Waals surface area contributed by atoms with E-state index in [-0.39, 0.29) is 23.6 Å². The fourth-order valence-electron chi connectivity index (χ4n) is 3.99. The van der Waals surface area contributed by atoms with Crippen molar-refractivity contribution < 1.29 is 23.4 Å². The Balaban J connectivity index is 1.60. The molecule has 0 atom stereocenters. The monoisotopic (exact) mass is 517 g/mol. The number of imidazole rings is 1. The van der Waals surface area contributed by atoms with Crippen LogP contribution in [-0.2, 0) is 20.1 Å². The standard InChI is InChI=1S/C28H28FN5O4/c1-3-14-30-26(35)28(36-16-18(2)17-37-28)25-33-23(19-9-11-20(29)12-10-19)24(34-25)22-13-15-31-27(32-22)38-21-7-5-4-6-8-21/h4-13,15,18H,3,14,16-17H2,1-2H3,(H,30,35)(H,33,34). The SMILES string of the molecule is CCCNC(=O)C1(c2nc(-c3ccc(F)cc3)c(-c3ccnc(Oc4ccccc4)n3)[nH]2)OCC(C)CO1. The highest BCUT2D eigenvalue weighted by Crippen LogP contribution is 2.37. The molecule has 0 radical (unpaired) electrons. The number of H-pyrrole nitrogens is 1. The van der Waals surface area contributed by atoms with Gasteiger partial charge in [0.1, 0.15) is 11.6 Å². The summed E-state index contributed by atoms with van der Waals surface area (Å²) in [5.74, 6) is -1.75. The van der Waals surface area contributed by atoms with Crippen LogP contribution in [0.15, 0.2) is 66.9 Å². The molecule has 1 amide bonds. The molecule has 10 heteroatoms. The number of rotatable bonds is 8. The molecule has 2 N–H and O–H groups in total. The number of nitrogens with zero attached hydrogens (tertiary/aromatic N) is 3. The number of halogens is 1. The van der Waals surface area contributed by atoms with Gasteiger partial charge < -0.3 is 24.5 Å². The van der Waals surface area contributed by atoms with Gasteiger partial charge in [-0.2, -0.15) is 4.98 Å². The lowest BCUT2D eigenvalue weighted by atomic mass is 10.1. The Morgan fingerprint density at radius 3 is 2.55 bits per heavy atom. The molecule has 9 nitrogen and oxygen atoms in total. The summed E-state index contributed by atoms with van der Waals surface area (Å²) in [5.41, 5.74) is 1.98. The van der Waals surface area contributed by atoms with E-state index >= 15 is 0 Å². The van der Waals surface area contributed by atoms with Gasteiger partial charge in [0, 0.05) is 24.2 Å². The summed E-state index contributed by atoms with van der Waals surface area (Å²) in [7, 11) is 0. The molecule has 4 aromatic rings. The Hall–Kier alpha value is -4.15. The van der Waals surface area contributed by atoms with Gasteiger partial charge in [-0.25, -0.2) is 14.4 Å². The van der Waals surface area contributed by atoms with Gasteiger partial charge in [-0.1, -0.05) is 32.0 Å². The highest BCUT2D eigenvalue weighted by molar-refractivity contribution is 5.85. The van der Waals surface area contributed by atoms with Crippen LogP contribution < -0.4 is 10.1 Å². The zero-order valence-corrected chi connectivity index (χ0v) is 21.1. The normalized spacial score (nSPS) is 19.2. The van der Waals surface area contributed by atoms with Crippen LogP contribution in [0.2, 0.25) is 0 Å². The maximum absolute atomic E-state index is 13.7. The van der Waals surface area contributed by atoms with Crippen LogP contribution in [0.3, 0.4) is 0 Å². The fraction of sp³-hybridized carbons (Fsp3) is 0.286. The maximum Gasteiger partial charge on any atom is 0.322 e. The van der Waals surface area contributed by atoms with E-state index < -0.39 is 11.7 Å². The molecule has 0 saturated carbocycles. The van der Waals surface area contributed by atoms with Crippen molar-refractivity contribution in [2.45, 2.75) is 26.1 Å². The minimum atomic E-state index is -1.77. The van der Waals surface area contributed by atoms with Gasteiger partial charge in [0.15, 0.2) is 5.82 Å². The fourth-order valence-corrected chi connectivity index (χ4v) is 3.99. The van der Waals surface area contributed by atoms with Gasteiger partial charge in [-0.3, -0.25) is 4.79 Å². The molecular formula is C28H28FN5O4. The summed E-state index contributed by atoms with van der Waals surface area (Å²) in [6.07, 6.45) is 2.31. The molecule has 38 heavy (non-hydrogen) atoms. The van der Waals surface area contributed by atoms with Gasteiger partial charge in [-0.05, 0) is 48.9 Å². The van der Waals surface area contributed by atoms with Crippen molar-refractivity contribution in [3.05, 3.63) is 78.5 Å². The molecule has 3 heterocycles. The summed E-state index contributed by atoms with van der Waals surface area (Å²) >= 11 is 0. The minimum Gasteiger partial charge on any atom is -0.424 e. The molecule has 0 unspecified atom stereocenters.